The summed E-state index contributed by atoms with van der Waals surface area (Å²) in [6.07, 6.45) is -13.4. The molecule has 2 atom stereocenters. The Kier molecular flexibility index (Phi) is 13.6. The highest BCUT2D eigenvalue weighted by Gasteiger charge is 2.47. The van der Waals surface area contributed by atoms with Gasteiger partial charge in [-0.25, -0.2) is 70.2 Å². The van der Waals surface area contributed by atoms with E-state index in [0.717, 1.165) is 6.08 Å². The first-order valence-electron chi connectivity index (χ1n) is 17.7. The highest BCUT2D eigenvalue weighted by Crippen LogP contribution is 2.51. The molecule has 23 heteroatoms. The van der Waals surface area contributed by atoms with Gasteiger partial charge in [0.1, 0.15) is 34.3 Å². The quantitative estimate of drug-likeness (QED) is 0.0552. The fourth-order valence-corrected chi connectivity index (χ4v) is 7.09. The predicted molar refractivity (Wildman–Crippen MR) is 187 cm³/mol. The molecule has 0 radical (unpaired) electrons. The third-order valence-corrected chi connectivity index (χ3v) is 9.97. The van der Waals surface area contributed by atoms with Crippen LogP contribution in [-0.4, -0.2) is 0 Å². The summed E-state index contributed by atoms with van der Waals surface area (Å²) < 4.78 is 329. The highest BCUT2D eigenvalue weighted by molar-refractivity contribution is 5.87. The van der Waals surface area contributed by atoms with E-state index in [1.165, 1.54) is 0 Å². The molecule has 0 heterocycles. The second-order valence-corrected chi connectivity index (χ2v) is 14.1. The molecule has 0 N–H and O–H groups in total. The molecule has 0 saturated carbocycles. The molecule has 2 unspecified atom stereocenters. The Morgan fingerprint density at radius 1 is 0.538 bits per heavy atom. The number of allylic oxidation sites excluding steroid dienone is 2. The Labute approximate surface area is 350 Å². The van der Waals surface area contributed by atoms with Crippen LogP contribution in [0.3, 0.4) is 0 Å². The summed E-state index contributed by atoms with van der Waals surface area (Å²) in [7, 11) is 0. The molecular weight excluding hydrogens is 936 g/mol. The number of rotatable bonds is 11. The maximum absolute atomic E-state index is 16.6. The van der Waals surface area contributed by atoms with Crippen LogP contribution >= 0.6 is 0 Å². The first kappa shape index (κ1) is 49.8. The Balaban J connectivity index is 1.91. The second-order valence-electron chi connectivity index (χ2n) is 14.1. The minimum Gasteiger partial charge on any atom is -0.301 e. The van der Waals surface area contributed by atoms with E-state index >= 15 is 39.5 Å². The van der Waals surface area contributed by atoms with Crippen molar-refractivity contribution in [3.05, 3.63) is 176 Å². The number of halogens is 22. The second kappa shape index (κ2) is 17.7. The Bertz CT molecular complexity index is 2680. The summed E-state index contributed by atoms with van der Waals surface area (Å²) in [6.45, 7) is 7.15. The zero-order valence-electron chi connectivity index (χ0n) is 32.1. The van der Waals surface area contributed by atoms with Crippen LogP contribution in [0, 0.1) is 93.1 Å². The molecule has 5 rings (SSSR count). The van der Waals surface area contributed by atoms with Crippen molar-refractivity contribution in [1.29, 1.82) is 0 Å². The number of anilines is 3. The van der Waals surface area contributed by atoms with E-state index in [2.05, 4.69) is 13.2 Å². The molecule has 0 aliphatic rings. The van der Waals surface area contributed by atoms with Crippen molar-refractivity contribution in [2.24, 2.45) is 0 Å². The third kappa shape index (κ3) is 8.60. The van der Waals surface area contributed by atoms with Crippen molar-refractivity contribution >= 4 is 22.6 Å². The van der Waals surface area contributed by atoms with Crippen LogP contribution in [0.25, 0.3) is 5.57 Å². The monoisotopic (exact) mass is 957 g/mol. The molecule has 0 spiro atoms. The Hall–Kier alpha value is -6.16. The van der Waals surface area contributed by atoms with E-state index in [-0.39, 0.29) is 12.1 Å². The summed E-state index contributed by atoms with van der Waals surface area (Å²) in [5, 5.41) is 0. The SMILES string of the molecule is C=CCc1c(F)cc(CC(c2c(F)c(F)c(C(F)(F)F)c(F)c2F)C(C)c2c(F)c(F)c(N(c3cc(F)c(F)c(F)c3)c3c(F)c(F)c(C(F)(F)F)c(F)c3C(=C)C)c(F)c2F)cc1F. The normalized spacial score (nSPS) is 13.0. The smallest absolute Gasteiger partial charge is 0.301 e. The van der Waals surface area contributed by atoms with E-state index in [4.69, 9.17) is 0 Å². The summed E-state index contributed by atoms with van der Waals surface area (Å²) in [4.78, 5) is -0.865. The first-order valence-corrected chi connectivity index (χ1v) is 17.7. The van der Waals surface area contributed by atoms with Gasteiger partial charge in [0.25, 0.3) is 0 Å². The fraction of sp³-hybridized carbons (Fsp3) is 0.190. The van der Waals surface area contributed by atoms with Gasteiger partial charge in [-0.3, -0.25) is 0 Å². The van der Waals surface area contributed by atoms with Crippen LogP contribution in [0.1, 0.15) is 64.6 Å². The van der Waals surface area contributed by atoms with Crippen molar-refractivity contribution in [2.45, 2.75) is 50.9 Å². The largest absolute Gasteiger partial charge is 0.422 e. The molecule has 0 aliphatic heterocycles. The fourth-order valence-electron chi connectivity index (χ4n) is 7.09. The lowest BCUT2D eigenvalue weighted by atomic mass is 9.77. The van der Waals surface area contributed by atoms with E-state index in [1.54, 1.807) is 0 Å². The molecule has 0 fully saturated rings. The van der Waals surface area contributed by atoms with Gasteiger partial charge in [-0.05, 0) is 49.0 Å². The molecule has 65 heavy (non-hydrogen) atoms. The lowest BCUT2D eigenvalue weighted by Gasteiger charge is -2.32. The van der Waals surface area contributed by atoms with E-state index in [0.29, 0.717) is 26.0 Å². The maximum Gasteiger partial charge on any atom is 0.422 e. The van der Waals surface area contributed by atoms with E-state index < -0.39 is 197 Å². The zero-order chi connectivity index (χ0) is 49.3. The lowest BCUT2D eigenvalue weighted by Crippen LogP contribution is -2.25. The molecular formula is C42H21F22N. The minimum absolute atomic E-state index is 0.331. The average Bonchev–Trinajstić information content (AvgIpc) is 3.18. The molecule has 5 aromatic rings. The lowest BCUT2D eigenvalue weighted by molar-refractivity contribution is -0.144. The zero-order valence-corrected chi connectivity index (χ0v) is 32.1. The number of benzene rings is 5. The first-order chi connectivity index (χ1) is 29.9. The van der Waals surface area contributed by atoms with Gasteiger partial charge in [-0.2, -0.15) is 26.3 Å². The highest BCUT2D eigenvalue weighted by atomic mass is 19.4. The number of nitrogens with zero attached hydrogens (tertiary/aromatic N) is 1. The van der Waals surface area contributed by atoms with Gasteiger partial charge < -0.3 is 4.90 Å². The van der Waals surface area contributed by atoms with E-state index in [9.17, 15) is 57.1 Å². The van der Waals surface area contributed by atoms with Crippen LogP contribution in [0.4, 0.5) is 114 Å². The molecule has 0 aromatic heterocycles. The van der Waals surface area contributed by atoms with Crippen molar-refractivity contribution in [3.63, 3.8) is 0 Å². The van der Waals surface area contributed by atoms with Crippen molar-refractivity contribution in [2.75, 3.05) is 4.90 Å². The van der Waals surface area contributed by atoms with E-state index in [1.807, 2.05) is 0 Å². The molecule has 1 nitrogen and oxygen atoms in total. The van der Waals surface area contributed by atoms with Gasteiger partial charge in [0.15, 0.2) is 75.6 Å². The number of hydrogen-bond donors (Lipinski definition) is 0. The summed E-state index contributed by atoms with van der Waals surface area (Å²) >= 11 is 0. The summed E-state index contributed by atoms with van der Waals surface area (Å²) in [5.41, 5.74) is -22.0. The molecule has 0 aliphatic carbocycles. The van der Waals surface area contributed by atoms with Gasteiger partial charge in [-0.1, -0.05) is 19.6 Å². The van der Waals surface area contributed by atoms with Crippen LogP contribution < -0.4 is 4.90 Å². The molecule has 348 valence electrons. The Morgan fingerprint density at radius 3 is 1.35 bits per heavy atom. The molecule has 0 amide bonds. The van der Waals surface area contributed by atoms with Crippen molar-refractivity contribution in [1.82, 2.24) is 0 Å². The van der Waals surface area contributed by atoms with Crippen LogP contribution in [0.5, 0.6) is 0 Å². The van der Waals surface area contributed by atoms with Gasteiger partial charge in [0, 0.05) is 40.3 Å². The molecule has 0 bridgehead atoms. The predicted octanol–water partition coefficient (Wildman–Crippen LogP) is 15.3. The average molecular weight is 958 g/mol. The molecule has 5 aromatic carbocycles. The van der Waals surface area contributed by atoms with Gasteiger partial charge in [0.2, 0.25) is 0 Å². The van der Waals surface area contributed by atoms with Crippen molar-refractivity contribution < 1.29 is 96.6 Å². The topological polar surface area (TPSA) is 3.24 Å². The number of alkyl halides is 6. The van der Waals surface area contributed by atoms with Gasteiger partial charge in [0.05, 0.1) is 11.4 Å². The number of hydrogen-bond acceptors (Lipinski definition) is 1. The van der Waals surface area contributed by atoms with Crippen LogP contribution in [-0.2, 0) is 25.2 Å². The van der Waals surface area contributed by atoms with Crippen molar-refractivity contribution in [3.8, 4) is 0 Å². The van der Waals surface area contributed by atoms with Crippen LogP contribution in [0.2, 0.25) is 0 Å². The maximum atomic E-state index is 16.6. The molecule has 0 saturated heterocycles. The van der Waals surface area contributed by atoms with Gasteiger partial charge >= 0.3 is 12.4 Å². The minimum atomic E-state index is -6.19. The summed E-state index contributed by atoms with van der Waals surface area (Å²) in [6, 6.07) is -0.0144. The van der Waals surface area contributed by atoms with Crippen LogP contribution in [0.15, 0.2) is 43.5 Å². The van der Waals surface area contributed by atoms with Gasteiger partial charge in [-0.15, -0.1) is 6.58 Å². The standard InChI is InChI=1S/C42H21F22N/c1-5-6-16-18(43)8-14(9-19(16)44)7-17(24-31(51)33(53)26(42(62,63)64)34(54)32(24)52)13(4)23-29(49)36(56)40(37(57)30(23)50)65(15-10-20(45)27(47)21(46)11-15)39-22(12(2)3)28(48)25(41(59,60)61)35(55)38(39)58/h5,8-11,13,17H,1-2,6-7H2,3-4H3. The summed E-state index contributed by atoms with van der Waals surface area (Å²) in [5.74, 6) is -49.2. The third-order valence-electron chi connectivity index (χ3n) is 9.97. The Morgan fingerprint density at radius 2 is 0.938 bits per heavy atom.